The highest BCUT2D eigenvalue weighted by Gasteiger charge is 2.32. The SMILES string of the molecule is CC.CC.CNc1c(C)c(C(C)(C)C)c(O)c(C(C)(C)C)c1C.CNc1cc(C(C)(C)C)c(O)cc1C.Cc1c(N)c(C)c(C(C)(C)C)c(O)c1C(C)(C)C. The largest absolute Gasteiger partial charge is 0.508 e. The van der Waals surface area contributed by atoms with E-state index in [0.717, 1.165) is 72.7 Å². The minimum atomic E-state index is -0.115. The fourth-order valence-electron chi connectivity index (χ4n) is 7.65. The fraction of sp³-hybridized carbons (Fsp3) is 0.633. The summed E-state index contributed by atoms with van der Waals surface area (Å²) in [5.74, 6) is 1.27. The maximum atomic E-state index is 10.8. The number of nitrogens with two attached hydrogens (primary N) is 1. The summed E-state index contributed by atoms with van der Waals surface area (Å²) in [6.07, 6.45) is 0. The number of aryl methyl sites for hydroxylation is 1. The van der Waals surface area contributed by atoms with Gasteiger partial charge < -0.3 is 31.7 Å². The van der Waals surface area contributed by atoms with E-state index in [-0.39, 0.29) is 27.1 Å². The first kappa shape index (κ1) is 53.6. The summed E-state index contributed by atoms with van der Waals surface area (Å²) in [5.41, 5.74) is 19.3. The number of nitrogen functional groups attached to an aromatic ring is 1. The minimum absolute atomic E-state index is 0.0244. The molecule has 0 saturated heterocycles. The Morgan fingerprint density at radius 1 is 0.455 bits per heavy atom. The molecule has 0 aliphatic rings. The lowest BCUT2D eigenvalue weighted by Crippen LogP contribution is -2.21. The summed E-state index contributed by atoms with van der Waals surface area (Å²) in [6, 6.07) is 3.83. The number of phenols is 3. The minimum Gasteiger partial charge on any atom is -0.508 e. The second-order valence-corrected chi connectivity index (χ2v) is 19.4. The van der Waals surface area contributed by atoms with Gasteiger partial charge in [0.1, 0.15) is 17.2 Å². The van der Waals surface area contributed by atoms with Crippen LogP contribution in [0.5, 0.6) is 17.2 Å². The van der Waals surface area contributed by atoms with Gasteiger partial charge in [-0.2, -0.15) is 0 Å². The van der Waals surface area contributed by atoms with Crippen LogP contribution >= 0.6 is 0 Å². The predicted molar refractivity (Wildman–Crippen MR) is 248 cm³/mol. The molecular formula is C49H87N3O3. The Morgan fingerprint density at radius 2 is 0.745 bits per heavy atom. The van der Waals surface area contributed by atoms with Crippen LogP contribution < -0.4 is 16.4 Å². The van der Waals surface area contributed by atoms with E-state index in [9.17, 15) is 15.3 Å². The number of phenolic OH excluding ortho intramolecular Hbond substituents is 3. The Labute approximate surface area is 340 Å². The van der Waals surface area contributed by atoms with Crippen LogP contribution in [0.15, 0.2) is 12.1 Å². The topological polar surface area (TPSA) is 111 Å². The molecule has 7 N–H and O–H groups in total. The number of benzene rings is 3. The lowest BCUT2D eigenvalue weighted by Gasteiger charge is -2.32. The molecule has 3 aromatic rings. The molecule has 0 atom stereocenters. The van der Waals surface area contributed by atoms with Gasteiger partial charge in [0, 0.05) is 59.0 Å². The van der Waals surface area contributed by atoms with Crippen LogP contribution in [0.4, 0.5) is 17.1 Å². The van der Waals surface area contributed by atoms with E-state index in [1.165, 1.54) is 0 Å². The van der Waals surface area contributed by atoms with Gasteiger partial charge >= 0.3 is 0 Å². The molecule has 0 aliphatic carbocycles. The Hall–Kier alpha value is -3.54. The van der Waals surface area contributed by atoms with E-state index < -0.39 is 0 Å². The molecule has 0 unspecified atom stereocenters. The van der Waals surface area contributed by atoms with Gasteiger partial charge in [-0.1, -0.05) is 132 Å². The molecule has 3 rings (SSSR count). The van der Waals surface area contributed by atoms with E-state index in [2.05, 4.69) is 128 Å². The number of rotatable bonds is 2. The summed E-state index contributed by atoms with van der Waals surface area (Å²) < 4.78 is 0. The first-order valence-corrected chi connectivity index (χ1v) is 20.4. The predicted octanol–water partition coefficient (Wildman–Crippen LogP) is 13.9. The van der Waals surface area contributed by atoms with Crippen LogP contribution in [0.25, 0.3) is 0 Å². The van der Waals surface area contributed by atoms with E-state index in [0.29, 0.717) is 17.2 Å². The highest BCUT2D eigenvalue weighted by molar-refractivity contribution is 5.70. The molecule has 0 heterocycles. The average molecular weight is 766 g/mol. The van der Waals surface area contributed by atoms with Gasteiger partial charge in [-0.05, 0) is 102 Å². The third-order valence-electron chi connectivity index (χ3n) is 9.68. The van der Waals surface area contributed by atoms with Crippen LogP contribution in [0.2, 0.25) is 0 Å². The Morgan fingerprint density at radius 3 is 0.982 bits per heavy atom. The zero-order chi connectivity index (χ0) is 44.6. The normalized spacial score (nSPS) is 11.7. The van der Waals surface area contributed by atoms with Crippen LogP contribution in [0, 0.1) is 34.6 Å². The zero-order valence-corrected chi connectivity index (χ0v) is 40.6. The molecule has 6 heteroatoms. The third kappa shape index (κ3) is 13.3. The number of hydrogen-bond acceptors (Lipinski definition) is 6. The number of aromatic hydroxyl groups is 3. The van der Waals surface area contributed by atoms with E-state index in [4.69, 9.17) is 5.73 Å². The van der Waals surface area contributed by atoms with Crippen molar-refractivity contribution in [1.29, 1.82) is 0 Å². The Kier molecular flexibility index (Phi) is 19.5. The molecule has 0 radical (unpaired) electrons. The van der Waals surface area contributed by atoms with Crippen molar-refractivity contribution < 1.29 is 15.3 Å². The quantitative estimate of drug-likeness (QED) is 0.114. The van der Waals surface area contributed by atoms with Crippen molar-refractivity contribution in [1.82, 2.24) is 0 Å². The first-order chi connectivity index (χ1) is 24.7. The van der Waals surface area contributed by atoms with Gasteiger partial charge in [0.2, 0.25) is 0 Å². The van der Waals surface area contributed by atoms with Gasteiger partial charge in [0.15, 0.2) is 0 Å². The van der Waals surface area contributed by atoms with Crippen molar-refractivity contribution in [3.63, 3.8) is 0 Å². The molecule has 0 amide bonds. The Bertz CT molecular complexity index is 1620. The number of anilines is 3. The van der Waals surface area contributed by atoms with E-state index in [1.54, 1.807) is 0 Å². The zero-order valence-electron chi connectivity index (χ0n) is 40.6. The fourth-order valence-corrected chi connectivity index (χ4v) is 7.65. The molecule has 3 aromatic carbocycles. The highest BCUT2D eigenvalue weighted by Crippen LogP contribution is 2.47. The summed E-state index contributed by atoms with van der Waals surface area (Å²) in [7, 11) is 3.84. The molecule has 0 spiro atoms. The van der Waals surface area contributed by atoms with Crippen molar-refractivity contribution in [3.05, 3.63) is 67.8 Å². The summed E-state index contributed by atoms with van der Waals surface area (Å²) in [6.45, 7) is 50.0. The second kappa shape index (κ2) is 20.1. The number of hydrogen-bond donors (Lipinski definition) is 6. The maximum Gasteiger partial charge on any atom is 0.123 e. The van der Waals surface area contributed by atoms with E-state index in [1.807, 2.05) is 74.7 Å². The molecule has 0 aliphatic heterocycles. The molecule has 6 nitrogen and oxygen atoms in total. The lowest BCUT2D eigenvalue weighted by molar-refractivity contribution is 0.420. The smallest absolute Gasteiger partial charge is 0.123 e. The molecular weight excluding hydrogens is 679 g/mol. The third-order valence-corrected chi connectivity index (χ3v) is 9.68. The molecule has 0 fully saturated rings. The van der Waals surface area contributed by atoms with Gasteiger partial charge in [-0.15, -0.1) is 0 Å². The molecule has 0 aromatic heterocycles. The van der Waals surface area contributed by atoms with E-state index >= 15 is 0 Å². The number of nitrogens with one attached hydrogen (secondary N) is 2. The highest BCUT2D eigenvalue weighted by atomic mass is 16.3. The van der Waals surface area contributed by atoms with Crippen LogP contribution in [0.3, 0.4) is 0 Å². The molecule has 0 saturated carbocycles. The Balaban J connectivity index is 0. The summed E-state index contributed by atoms with van der Waals surface area (Å²) in [5, 5.41) is 37.8. The molecule has 0 bridgehead atoms. The van der Waals surface area contributed by atoms with Crippen LogP contribution in [-0.2, 0) is 27.1 Å². The van der Waals surface area contributed by atoms with Crippen molar-refractivity contribution in [2.24, 2.45) is 0 Å². The van der Waals surface area contributed by atoms with Crippen molar-refractivity contribution >= 4 is 17.1 Å². The molecule has 316 valence electrons. The van der Waals surface area contributed by atoms with Gasteiger partial charge in [0.05, 0.1) is 0 Å². The van der Waals surface area contributed by atoms with Crippen molar-refractivity contribution in [2.45, 2.75) is 193 Å². The lowest BCUT2D eigenvalue weighted by atomic mass is 9.75. The van der Waals surface area contributed by atoms with Gasteiger partial charge in [0.25, 0.3) is 0 Å². The molecule has 55 heavy (non-hydrogen) atoms. The van der Waals surface area contributed by atoms with Crippen molar-refractivity contribution in [2.75, 3.05) is 30.5 Å². The first-order valence-electron chi connectivity index (χ1n) is 20.4. The standard InChI is InChI=1S/C17H29NO.C16H27NO.C12H19NO.2C2H6/c1-10-12(16(3,4)5)15(19)13(17(6,7)8)11(2)14(10)18-9;1-9-11(15(3,4)5)14(18)12(16(6,7)8)10(2)13(9)17;1-8-6-11(14)9(12(2,3)4)7-10(8)13-5;2*1-2/h18-19H,1-9H3;18H,17H2,1-8H3;6-7,13-14H,1-5H3;2*1-2H3. The monoisotopic (exact) mass is 766 g/mol. The van der Waals surface area contributed by atoms with Crippen molar-refractivity contribution in [3.8, 4) is 17.2 Å². The second-order valence-electron chi connectivity index (χ2n) is 19.4. The van der Waals surface area contributed by atoms with Gasteiger partial charge in [-0.25, -0.2) is 0 Å². The maximum absolute atomic E-state index is 10.8. The summed E-state index contributed by atoms with van der Waals surface area (Å²) in [4.78, 5) is 0. The average Bonchev–Trinajstić information content (AvgIpc) is 2.99. The summed E-state index contributed by atoms with van der Waals surface area (Å²) >= 11 is 0. The van der Waals surface area contributed by atoms with Crippen LogP contribution in [0.1, 0.15) is 187 Å². The van der Waals surface area contributed by atoms with Gasteiger partial charge in [-0.3, -0.25) is 0 Å². The van der Waals surface area contributed by atoms with Crippen LogP contribution in [-0.4, -0.2) is 29.4 Å².